The van der Waals surface area contributed by atoms with E-state index in [9.17, 15) is 13.2 Å². The van der Waals surface area contributed by atoms with Gasteiger partial charge in [-0.3, -0.25) is 4.79 Å². The van der Waals surface area contributed by atoms with E-state index in [2.05, 4.69) is 5.32 Å². The molecule has 0 aliphatic carbocycles. The fourth-order valence-corrected chi connectivity index (χ4v) is 5.13. The molecule has 0 aliphatic heterocycles. The maximum absolute atomic E-state index is 13.4. The zero-order chi connectivity index (χ0) is 22.6. The number of carbonyl (C=O) groups excluding carboxylic acids is 1. The third kappa shape index (κ3) is 5.14. The molecule has 1 unspecified atom stereocenters. The van der Waals surface area contributed by atoms with Gasteiger partial charge < -0.3 is 10.1 Å². The molecule has 3 aromatic rings. The van der Waals surface area contributed by atoms with Crippen molar-refractivity contribution in [3.8, 4) is 5.75 Å². The Labute approximate surface area is 184 Å². The number of rotatable bonds is 7. The van der Waals surface area contributed by atoms with Crippen LogP contribution in [0.15, 0.2) is 77.7 Å². The molecule has 0 radical (unpaired) electrons. The van der Waals surface area contributed by atoms with Crippen molar-refractivity contribution >= 4 is 21.4 Å². The number of nitrogens with one attached hydrogen (secondary N) is 1. The molecule has 1 amide bonds. The lowest BCUT2D eigenvalue weighted by Gasteiger charge is -2.29. The van der Waals surface area contributed by atoms with Gasteiger partial charge in [-0.2, -0.15) is 0 Å². The van der Waals surface area contributed by atoms with E-state index in [1.54, 1.807) is 74.7 Å². The maximum atomic E-state index is 13.4. The molecule has 5 nitrogen and oxygen atoms in total. The van der Waals surface area contributed by atoms with Crippen LogP contribution < -0.4 is 10.1 Å². The van der Waals surface area contributed by atoms with E-state index in [-0.39, 0.29) is 10.6 Å². The topological polar surface area (TPSA) is 72.5 Å². The Kier molecular flexibility index (Phi) is 6.51. The number of sulfone groups is 1. The van der Waals surface area contributed by atoms with Crippen molar-refractivity contribution in [2.45, 2.75) is 31.1 Å². The Morgan fingerprint density at radius 3 is 1.90 bits per heavy atom. The molecule has 1 atom stereocenters. The highest BCUT2D eigenvalue weighted by molar-refractivity contribution is 7.91. The van der Waals surface area contributed by atoms with E-state index >= 15 is 0 Å². The molecule has 31 heavy (non-hydrogen) atoms. The second-order valence-electron chi connectivity index (χ2n) is 7.95. The Balaban J connectivity index is 2.01. The van der Waals surface area contributed by atoms with Gasteiger partial charge in [0.15, 0.2) is 9.84 Å². The molecule has 0 aliphatic rings. The number of amides is 1. The van der Waals surface area contributed by atoms with Crippen molar-refractivity contribution in [3.63, 3.8) is 0 Å². The van der Waals surface area contributed by atoms with Crippen molar-refractivity contribution in [1.82, 2.24) is 0 Å². The van der Waals surface area contributed by atoms with Crippen LogP contribution in [0.4, 0.5) is 5.69 Å². The number of anilines is 1. The maximum Gasteiger partial charge on any atom is 0.235 e. The van der Waals surface area contributed by atoms with E-state index < -0.39 is 21.2 Å². The molecule has 0 saturated carbocycles. The van der Waals surface area contributed by atoms with Crippen LogP contribution in [0.5, 0.6) is 5.75 Å². The lowest BCUT2D eigenvalue weighted by molar-refractivity contribution is -0.120. The lowest BCUT2D eigenvalue weighted by atomic mass is 9.83. The molecule has 0 spiro atoms. The van der Waals surface area contributed by atoms with Crippen LogP contribution in [0.3, 0.4) is 0 Å². The molecule has 162 valence electrons. The van der Waals surface area contributed by atoms with E-state index in [0.29, 0.717) is 17.0 Å². The first-order valence-electron chi connectivity index (χ1n) is 9.96. The van der Waals surface area contributed by atoms with E-state index in [1.165, 1.54) is 0 Å². The second-order valence-corrected chi connectivity index (χ2v) is 9.94. The van der Waals surface area contributed by atoms with Crippen LogP contribution in [0.1, 0.15) is 23.6 Å². The van der Waals surface area contributed by atoms with Crippen LogP contribution in [0, 0.1) is 13.8 Å². The van der Waals surface area contributed by atoms with Crippen LogP contribution in [0.25, 0.3) is 0 Å². The van der Waals surface area contributed by atoms with Gasteiger partial charge in [-0.05, 0) is 62.7 Å². The van der Waals surface area contributed by atoms with Crippen molar-refractivity contribution in [3.05, 3.63) is 89.5 Å². The number of aryl methyl sites for hydroxylation is 2. The molecule has 0 bridgehead atoms. The Bertz CT molecular complexity index is 1150. The number of ether oxygens (including phenoxy) is 1. The number of hydrogen-bond donors (Lipinski definition) is 1. The summed E-state index contributed by atoms with van der Waals surface area (Å²) in [6.45, 7) is 5.51. The van der Waals surface area contributed by atoms with Gasteiger partial charge in [-0.25, -0.2) is 8.42 Å². The highest BCUT2D eigenvalue weighted by Gasteiger charge is 2.40. The molecule has 0 aromatic heterocycles. The third-order valence-electron chi connectivity index (χ3n) is 5.40. The van der Waals surface area contributed by atoms with Crippen LogP contribution in [-0.4, -0.2) is 27.2 Å². The zero-order valence-corrected chi connectivity index (χ0v) is 19.0. The smallest absolute Gasteiger partial charge is 0.235 e. The summed E-state index contributed by atoms with van der Waals surface area (Å²) in [4.78, 5) is 13.6. The van der Waals surface area contributed by atoms with E-state index in [0.717, 1.165) is 11.1 Å². The predicted octanol–water partition coefficient (Wildman–Crippen LogP) is 4.68. The highest BCUT2D eigenvalue weighted by atomic mass is 32.2. The highest BCUT2D eigenvalue weighted by Crippen LogP contribution is 2.31. The summed E-state index contributed by atoms with van der Waals surface area (Å²) in [5.41, 5.74) is 1.92. The standard InChI is InChI=1S/C25H27NO4S/c1-18-5-11-21(12-6-18)26-24(27)25(3,20-9-13-22(30-4)14-10-20)17-31(28,29)23-15-7-19(2)8-16-23/h5-16H,17H2,1-4H3,(H,26,27). The van der Waals surface area contributed by atoms with Crippen LogP contribution in [-0.2, 0) is 20.0 Å². The Morgan fingerprint density at radius 2 is 1.39 bits per heavy atom. The third-order valence-corrected chi connectivity index (χ3v) is 7.34. The minimum absolute atomic E-state index is 0.195. The molecule has 0 heterocycles. The lowest BCUT2D eigenvalue weighted by Crippen LogP contribution is -2.43. The van der Waals surface area contributed by atoms with Crippen molar-refractivity contribution in [1.29, 1.82) is 0 Å². The summed E-state index contributed by atoms with van der Waals surface area (Å²) in [6.07, 6.45) is 0. The molecule has 0 saturated heterocycles. The summed E-state index contributed by atoms with van der Waals surface area (Å²) in [5.74, 6) is -0.128. The molecule has 3 aromatic carbocycles. The van der Waals surface area contributed by atoms with Gasteiger partial charge in [0.05, 0.1) is 23.2 Å². The average Bonchev–Trinajstić information content (AvgIpc) is 2.75. The largest absolute Gasteiger partial charge is 0.497 e. The number of benzene rings is 3. The van der Waals surface area contributed by atoms with Gasteiger partial charge in [0, 0.05) is 5.69 Å². The minimum Gasteiger partial charge on any atom is -0.497 e. The van der Waals surface area contributed by atoms with E-state index in [1.807, 2.05) is 26.0 Å². The quantitative estimate of drug-likeness (QED) is 0.582. The van der Waals surface area contributed by atoms with Crippen molar-refractivity contribution in [2.75, 3.05) is 18.2 Å². The SMILES string of the molecule is COc1ccc(C(C)(CS(=O)(=O)c2ccc(C)cc2)C(=O)Nc2ccc(C)cc2)cc1. The van der Waals surface area contributed by atoms with Gasteiger partial charge >= 0.3 is 0 Å². The Hall–Kier alpha value is -3.12. The fraction of sp³-hybridized carbons (Fsp3) is 0.240. The summed E-state index contributed by atoms with van der Waals surface area (Å²) >= 11 is 0. The van der Waals surface area contributed by atoms with E-state index in [4.69, 9.17) is 4.74 Å². The number of carbonyl (C=O) groups is 1. The van der Waals surface area contributed by atoms with Gasteiger partial charge in [0.1, 0.15) is 5.75 Å². The van der Waals surface area contributed by atoms with Gasteiger partial charge in [0.25, 0.3) is 0 Å². The molecular weight excluding hydrogens is 410 g/mol. The Morgan fingerprint density at radius 1 is 0.871 bits per heavy atom. The first kappa shape index (κ1) is 22.6. The summed E-state index contributed by atoms with van der Waals surface area (Å²) < 4.78 is 31.7. The summed E-state index contributed by atoms with van der Waals surface area (Å²) in [6, 6.07) is 21.0. The molecule has 3 rings (SSSR count). The average molecular weight is 438 g/mol. The van der Waals surface area contributed by atoms with Gasteiger partial charge in [-0.15, -0.1) is 0 Å². The van der Waals surface area contributed by atoms with Crippen molar-refractivity contribution in [2.24, 2.45) is 0 Å². The predicted molar refractivity (Wildman–Crippen MR) is 123 cm³/mol. The molecular formula is C25H27NO4S. The summed E-state index contributed by atoms with van der Waals surface area (Å²) in [5, 5.41) is 2.89. The summed E-state index contributed by atoms with van der Waals surface area (Å²) in [7, 11) is -2.18. The minimum atomic E-state index is -3.73. The first-order valence-corrected chi connectivity index (χ1v) is 11.6. The van der Waals surface area contributed by atoms with Gasteiger partial charge in [-0.1, -0.05) is 47.5 Å². The molecule has 6 heteroatoms. The normalized spacial score (nSPS) is 13.3. The zero-order valence-electron chi connectivity index (χ0n) is 18.2. The fourth-order valence-electron chi connectivity index (χ4n) is 3.35. The van der Waals surface area contributed by atoms with Crippen LogP contribution >= 0.6 is 0 Å². The first-order chi connectivity index (χ1) is 14.6. The van der Waals surface area contributed by atoms with Crippen LogP contribution in [0.2, 0.25) is 0 Å². The number of methoxy groups -OCH3 is 1. The molecule has 1 N–H and O–H groups in total. The second kappa shape index (κ2) is 8.94. The number of hydrogen-bond acceptors (Lipinski definition) is 4. The molecule has 0 fully saturated rings. The van der Waals surface area contributed by atoms with Gasteiger partial charge in [0.2, 0.25) is 5.91 Å². The monoisotopic (exact) mass is 437 g/mol. The van der Waals surface area contributed by atoms with Crippen molar-refractivity contribution < 1.29 is 17.9 Å².